The number of halogens is 1. The molecule has 5 rings (SSSR count). The molecule has 2 aliphatic heterocycles. The first kappa shape index (κ1) is 25.1. The van der Waals surface area contributed by atoms with E-state index in [0.717, 1.165) is 54.6 Å². The Bertz CT molecular complexity index is 1190. The Labute approximate surface area is 225 Å². The van der Waals surface area contributed by atoms with Gasteiger partial charge < -0.3 is 20.3 Å². The number of hydrogen-bond donors (Lipinski definition) is 2. The fraction of sp³-hybridized carbons (Fsp3) is 0.400. The average molecular weight is 542 g/mol. The molecule has 3 aromatic rings. The lowest BCUT2D eigenvalue weighted by Gasteiger charge is -2.38. The number of ether oxygens (including phenoxy) is 1. The van der Waals surface area contributed by atoms with Gasteiger partial charge in [0.2, 0.25) is 5.95 Å². The van der Waals surface area contributed by atoms with E-state index < -0.39 is 0 Å². The van der Waals surface area contributed by atoms with Crippen LogP contribution in [-0.4, -0.2) is 57.9 Å². The largest absolute Gasteiger partial charge is 0.381 e. The summed E-state index contributed by atoms with van der Waals surface area (Å²) in [5, 5.41) is 9.24. The lowest BCUT2D eigenvalue weighted by molar-refractivity contribution is 0.0515. The van der Waals surface area contributed by atoms with E-state index >= 15 is 0 Å². The minimum atomic E-state index is -0.112. The highest BCUT2D eigenvalue weighted by Crippen LogP contribution is 2.35. The maximum absolute atomic E-state index is 6.32. The highest BCUT2D eigenvalue weighted by molar-refractivity contribution is 7.99. The fourth-order valence-electron chi connectivity index (χ4n) is 4.60. The third-order valence-corrected chi connectivity index (χ3v) is 7.85. The predicted octanol–water partition coefficient (Wildman–Crippen LogP) is 4.71. The van der Waals surface area contributed by atoms with Crippen LogP contribution in [0.5, 0.6) is 0 Å². The van der Waals surface area contributed by atoms with Gasteiger partial charge in [0, 0.05) is 61.7 Å². The molecule has 2 aliphatic rings. The lowest BCUT2D eigenvalue weighted by atomic mass is 9.74. The SMILES string of the molecule is S=C(NCC1(c2cccc(Cl)c2)CCOCC1)Nc1nc(Sc2ncccn2)cc(N2CCCC2)n1. The van der Waals surface area contributed by atoms with Crippen LogP contribution in [0.25, 0.3) is 0 Å². The first-order valence-electron chi connectivity index (χ1n) is 12.1. The van der Waals surface area contributed by atoms with Crippen molar-refractivity contribution in [2.75, 3.05) is 43.1 Å². The average Bonchev–Trinajstić information content (AvgIpc) is 3.44. The lowest BCUT2D eigenvalue weighted by Crippen LogP contribution is -2.45. The minimum absolute atomic E-state index is 0.112. The zero-order valence-electron chi connectivity index (χ0n) is 19.8. The van der Waals surface area contributed by atoms with Gasteiger partial charge in [-0.05, 0) is 73.4 Å². The molecule has 4 heterocycles. The van der Waals surface area contributed by atoms with Gasteiger partial charge >= 0.3 is 0 Å². The van der Waals surface area contributed by atoms with Crippen molar-refractivity contribution in [1.29, 1.82) is 0 Å². The number of benzene rings is 1. The van der Waals surface area contributed by atoms with Crippen LogP contribution in [-0.2, 0) is 10.2 Å². The molecule has 0 unspecified atom stereocenters. The molecule has 0 amide bonds. The normalized spacial score (nSPS) is 17.1. The molecule has 0 aliphatic carbocycles. The number of nitrogens with one attached hydrogen (secondary N) is 2. The molecule has 0 bridgehead atoms. The Kier molecular flexibility index (Phi) is 8.15. The van der Waals surface area contributed by atoms with Crippen LogP contribution in [0.1, 0.15) is 31.2 Å². The first-order chi connectivity index (χ1) is 17.6. The van der Waals surface area contributed by atoms with Gasteiger partial charge in [-0.15, -0.1) is 0 Å². The molecule has 8 nitrogen and oxygen atoms in total. The number of hydrogen-bond acceptors (Lipinski definition) is 8. The summed E-state index contributed by atoms with van der Waals surface area (Å²) in [6, 6.07) is 11.9. The van der Waals surface area contributed by atoms with Gasteiger partial charge in [-0.1, -0.05) is 23.7 Å². The van der Waals surface area contributed by atoms with Gasteiger partial charge in [0.25, 0.3) is 0 Å². The number of nitrogens with zero attached hydrogens (tertiary/aromatic N) is 5. The summed E-state index contributed by atoms with van der Waals surface area (Å²) in [7, 11) is 0. The zero-order chi connectivity index (χ0) is 24.8. The van der Waals surface area contributed by atoms with Crippen molar-refractivity contribution in [3.05, 3.63) is 59.4 Å². The number of rotatable bonds is 7. The van der Waals surface area contributed by atoms with Crippen LogP contribution in [0.4, 0.5) is 11.8 Å². The van der Waals surface area contributed by atoms with Crippen molar-refractivity contribution in [1.82, 2.24) is 25.3 Å². The van der Waals surface area contributed by atoms with Crippen molar-refractivity contribution in [2.45, 2.75) is 41.3 Å². The second-order valence-electron chi connectivity index (χ2n) is 8.93. The standard InChI is InChI=1S/C25H28ClN7OS2/c26-19-6-3-5-18(15-19)25(7-13-34-14-8-25)17-29-23(35)32-22-30-20(33-11-1-2-12-33)16-21(31-22)36-24-27-9-4-10-28-24/h3-6,9-10,15-16H,1-2,7-8,11-14,17H2,(H2,29,30,31,32,35). The van der Waals surface area contributed by atoms with Gasteiger partial charge in [-0.2, -0.15) is 4.98 Å². The van der Waals surface area contributed by atoms with E-state index in [0.29, 0.717) is 36.0 Å². The van der Waals surface area contributed by atoms with E-state index in [4.69, 9.17) is 38.5 Å². The molecule has 1 aromatic carbocycles. The Hall–Kier alpha value is -2.53. The summed E-state index contributed by atoms with van der Waals surface area (Å²) in [5.41, 5.74) is 1.08. The summed E-state index contributed by atoms with van der Waals surface area (Å²) < 4.78 is 5.66. The molecule has 0 radical (unpaired) electrons. The van der Waals surface area contributed by atoms with Crippen LogP contribution < -0.4 is 15.5 Å². The summed E-state index contributed by atoms with van der Waals surface area (Å²) in [6.07, 6.45) is 7.55. The zero-order valence-corrected chi connectivity index (χ0v) is 22.2. The Morgan fingerprint density at radius 1 is 1.08 bits per heavy atom. The molecule has 0 atom stereocenters. The Morgan fingerprint density at radius 2 is 1.86 bits per heavy atom. The molecule has 2 N–H and O–H groups in total. The van der Waals surface area contributed by atoms with Gasteiger partial charge in [0.1, 0.15) is 10.8 Å². The van der Waals surface area contributed by atoms with Crippen molar-refractivity contribution in [2.24, 2.45) is 0 Å². The van der Waals surface area contributed by atoms with Crippen molar-refractivity contribution in [3.63, 3.8) is 0 Å². The highest BCUT2D eigenvalue weighted by atomic mass is 35.5. The summed E-state index contributed by atoms with van der Waals surface area (Å²) in [4.78, 5) is 20.4. The second kappa shape index (κ2) is 11.7. The van der Waals surface area contributed by atoms with Crippen molar-refractivity contribution in [3.8, 4) is 0 Å². The topological polar surface area (TPSA) is 88.1 Å². The fourth-order valence-corrected chi connectivity index (χ4v) is 5.67. The minimum Gasteiger partial charge on any atom is -0.381 e. The van der Waals surface area contributed by atoms with E-state index in [1.54, 1.807) is 18.5 Å². The molecular weight excluding hydrogens is 514 g/mol. The van der Waals surface area contributed by atoms with Gasteiger partial charge in [0.15, 0.2) is 10.3 Å². The van der Waals surface area contributed by atoms with Crippen LogP contribution >= 0.6 is 35.6 Å². The third kappa shape index (κ3) is 6.23. The Morgan fingerprint density at radius 3 is 2.61 bits per heavy atom. The molecule has 36 heavy (non-hydrogen) atoms. The van der Waals surface area contributed by atoms with E-state index in [1.165, 1.54) is 17.3 Å². The second-order valence-corrected chi connectivity index (χ2v) is 10.8. The van der Waals surface area contributed by atoms with E-state index in [2.05, 4.69) is 31.6 Å². The summed E-state index contributed by atoms with van der Waals surface area (Å²) in [6.45, 7) is 4.04. The van der Waals surface area contributed by atoms with Crippen LogP contribution in [0.2, 0.25) is 5.02 Å². The summed E-state index contributed by atoms with van der Waals surface area (Å²) in [5.74, 6) is 1.34. The predicted molar refractivity (Wildman–Crippen MR) is 147 cm³/mol. The molecule has 2 saturated heterocycles. The van der Waals surface area contributed by atoms with Crippen LogP contribution in [0, 0.1) is 0 Å². The molecule has 0 saturated carbocycles. The molecule has 188 valence electrons. The van der Waals surface area contributed by atoms with Crippen LogP contribution in [0.3, 0.4) is 0 Å². The van der Waals surface area contributed by atoms with Crippen molar-refractivity contribution < 1.29 is 4.74 Å². The van der Waals surface area contributed by atoms with E-state index in [-0.39, 0.29) is 5.41 Å². The Balaban J connectivity index is 1.32. The molecule has 0 spiro atoms. The monoisotopic (exact) mass is 541 g/mol. The van der Waals surface area contributed by atoms with E-state index in [1.807, 2.05) is 24.3 Å². The van der Waals surface area contributed by atoms with Gasteiger partial charge in [0.05, 0.1) is 0 Å². The van der Waals surface area contributed by atoms with Crippen molar-refractivity contribution >= 4 is 52.5 Å². The van der Waals surface area contributed by atoms with Gasteiger partial charge in [-0.25, -0.2) is 15.0 Å². The maximum atomic E-state index is 6.32. The number of aromatic nitrogens is 4. The number of anilines is 2. The molecular formula is C25H28ClN7OS2. The maximum Gasteiger partial charge on any atom is 0.232 e. The highest BCUT2D eigenvalue weighted by Gasteiger charge is 2.34. The quantitative estimate of drug-likeness (QED) is 0.249. The van der Waals surface area contributed by atoms with E-state index in [9.17, 15) is 0 Å². The van der Waals surface area contributed by atoms with Gasteiger partial charge in [-0.3, -0.25) is 0 Å². The molecule has 11 heteroatoms. The number of thiocarbonyl (C=S) groups is 1. The van der Waals surface area contributed by atoms with Crippen LogP contribution in [0.15, 0.2) is 59.0 Å². The summed E-state index contributed by atoms with van der Waals surface area (Å²) >= 11 is 13.4. The first-order valence-corrected chi connectivity index (χ1v) is 13.7. The third-order valence-electron chi connectivity index (χ3n) is 6.56. The smallest absolute Gasteiger partial charge is 0.232 e. The molecule has 2 aromatic heterocycles. The molecule has 2 fully saturated rings.